The van der Waals surface area contributed by atoms with Crippen molar-refractivity contribution < 1.29 is 0 Å². The van der Waals surface area contributed by atoms with Gasteiger partial charge in [0.15, 0.2) is 0 Å². The third-order valence-corrected chi connectivity index (χ3v) is 32.4. The minimum absolute atomic E-state index is 0.989. The monoisotopic (exact) mass is 1090 g/mol. The van der Waals surface area contributed by atoms with Gasteiger partial charge in [-0.25, -0.2) is 0 Å². The molecule has 0 saturated heterocycles. The molecule has 0 saturated carbocycles. The summed E-state index contributed by atoms with van der Waals surface area (Å²) in [7, 11) is 0. The molecule has 0 N–H and O–H groups in total. The van der Waals surface area contributed by atoms with Crippen LogP contribution in [0.1, 0.15) is 284 Å². The van der Waals surface area contributed by atoms with Gasteiger partial charge >= 0.3 is 339 Å². The van der Waals surface area contributed by atoms with E-state index in [1.165, 1.54) is 204 Å². The molecule has 0 heterocycles. The van der Waals surface area contributed by atoms with Crippen molar-refractivity contribution in [2.75, 3.05) is 0 Å². The van der Waals surface area contributed by atoms with Crippen molar-refractivity contribution in [1.29, 1.82) is 0 Å². The molecule has 0 fully saturated rings. The third kappa shape index (κ3) is 46.1. The second-order valence-corrected chi connectivity index (χ2v) is 37.0. The predicted molar refractivity (Wildman–Crippen MR) is 291 cm³/mol. The Morgan fingerprint density at radius 2 is 0.417 bits per heavy atom. The molecule has 0 bridgehead atoms. The van der Waals surface area contributed by atoms with Crippen LogP contribution in [0.15, 0.2) is 21.9 Å². The second kappa shape index (κ2) is 53.1. The van der Waals surface area contributed by atoms with E-state index in [0.29, 0.717) is 0 Å². The van der Waals surface area contributed by atoms with E-state index in [1.54, 1.807) is 65.1 Å². The summed E-state index contributed by atoms with van der Waals surface area (Å²) in [6, 6.07) is 4.11. The number of unbranched alkanes of at least 4 members (excludes halogenated alkanes) is 30. The average molecular weight is 1090 g/mol. The quantitative estimate of drug-likeness (QED) is 0.0364. The number of hydrogen-bond acceptors (Lipinski definition) is 2. The van der Waals surface area contributed by atoms with E-state index >= 15 is 0 Å². The SMILES string of the molecule is CCCCCCC[CH2][Sn]([CH2]CCCCCCC)[CH2]CCCCCCC.CCCCCCC[CH2][Sn]([CH2]CCCCCCC)[CH2]CCCCCCC.Cc1ccc(C)c(S)c1S. The zero-order chi connectivity index (χ0) is 44.6. The molecule has 60 heavy (non-hydrogen) atoms. The van der Waals surface area contributed by atoms with Gasteiger partial charge in [0.05, 0.1) is 0 Å². The van der Waals surface area contributed by atoms with Crippen LogP contribution in [0.4, 0.5) is 0 Å². The molecular weight excluding hydrogens is 974 g/mol. The van der Waals surface area contributed by atoms with Crippen LogP contribution in [0.3, 0.4) is 0 Å². The Bertz CT molecular complexity index is 800. The van der Waals surface area contributed by atoms with E-state index in [9.17, 15) is 0 Å². The van der Waals surface area contributed by atoms with Gasteiger partial charge in [-0.15, -0.1) is 25.3 Å². The molecule has 0 aromatic heterocycles. The standard InChI is InChI=1S/C8H10S2.6C8H17.2Sn/c1-5-3-4-6(2)8(10)7(5)9;6*1-3-5-7-8-6-4-2;;/h3-4,9-10H,1-2H3;6*1,3-8H2,2H3;;. The van der Waals surface area contributed by atoms with Gasteiger partial charge in [0.2, 0.25) is 0 Å². The zero-order valence-corrected chi connectivity index (χ0v) is 50.2. The van der Waals surface area contributed by atoms with Gasteiger partial charge in [-0.05, 0) is 25.0 Å². The molecule has 1 aromatic rings. The molecule has 1 aromatic carbocycles. The first-order chi connectivity index (χ1) is 29.3. The molecule has 0 nitrogen and oxygen atoms in total. The van der Waals surface area contributed by atoms with Crippen molar-refractivity contribution in [3.05, 3.63) is 23.3 Å². The van der Waals surface area contributed by atoms with Crippen molar-refractivity contribution in [1.82, 2.24) is 0 Å². The van der Waals surface area contributed by atoms with Crippen LogP contribution >= 0.6 is 25.3 Å². The molecule has 0 aliphatic heterocycles. The topological polar surface area (TPSA) is 0 Å². The summed E-state index contributed by atoms with van der Waals surface area (Å²) in [6.45, 7) is 18.0. The fourth-order valence-corrected chi connectivity index (χ4v) is 26.1. The van der Waals surface area contributed by atoms with Gasteiger partial charge in [0.1, 0.15) is 0 Å². The number of hydrogen-bond donors (Lipinski definition) is 2. The van der Waals surface area contributed by atoms with E-state index in [1.807, 2.05) is 13.8 Å². The van der Waals surface area contributed by atoms with Gasteiger partial charge < -0.3 is 0 Å². The maximum atomic E-state index is 4.30. The van der Waals surface area contributed by atoms with E-state index in [2.05, 4.69) is 78.9 Å². The molecule has 4 heteroatoms. The molecule has 0 atom stereocenters. The smallest absolute Gasteiger partial charge is 0.0206 e. The summed E-state index contributed by atoms with van der Waals surface area (Å²) in [5.74, 6) is 0. The average Bonchev–Trinajstić information content (AvgIpc) is 3.25. The minimum Gasteiger partial charge on any atom is -0.142 e. The fraction of sp³-hybridized carbons (Fsp3) is 0.893. The largest absolute Gasteiger partial charge is 0.142 e. The molecular formula is C56H112S2Sn2. The zero-order valence-electron chi connectivity index (χ0n) is 42.7. The number of thiol groups is 2. The molecule has 0 aliphatic carbocycles. The summed E-state index contributed by atoms with van der Waals surface area (Å²) >= 11 is 6.58. The Labute approximate surface area is 407 Å². The van der Waals surface area contributed by atoms with Crippen LogP contribution in [0.5, 0.6) is 0 Å². The first-order valence-corrected chi connectivity index (χ1v) is 40.5. The Morgan fingerprint density at radius 1 is 0.267 bits per heavy atom. The van der Waals surface area contributed by atoms with Crippen LogP contribution < -0.4 is 0 Å². The van der Waals surface area contributed by atoms with Gasteiger partial charge in [-0.2, -0.15) is 0 Å². The summed E-state index contributed by atoms with van der Waals surface area (Å²) < 4.78 is 10.3. The Morgan fingerprint density at radius 3 is 0.583 bits per heavy atom. The summed E-state index contributed by atoms with van der Waals surface area (Å²) in [5.41, 5.74) is 2.36. The normalized spacial score (nSPS) is 11.3. The second-order valence-electron chi connectivity index (χ2n) is 19.0. The van der Waals surface area contributed by atoms with Gasteiger partial charge in [-0.3, -0.25) is 0 Å². The van der Waals surface area contributed by atoms with Crippen LogP contribution in [0.25, 0.3) is 0 Å². The van der Waals surface area contributed by atoms with E-state index in [0.717, 1.165) is 9.79 Å². The van der Waals surface area contributed by atoms with Gasteiger partial charge in [-0.1, -0.05) is 12.1 Å². The maximum Gasteiger partial charge on any atom is 0.0206 e. The fourth-order valence-electron chi connectivity index (χ4n) is 8.46. The van der Waals surface area contributed by atoms with Gasteiger partial charge in [0.25, 0.3) is 0 Å². The minimum atomic E-state index is -1.02. The number of benzene rings is 1. The first-order valence-electron chi connectivity index (χ1n) is 27.5. The number of rotatable bonds is 42. The Balaban J connectivity index is 0. The molecule has 0 aliphatic rings. The van der Waals surface area contributed by atoms with Crippen molar-refractivity contribution in [2.45, 2.75) is 323 Å². The third-order valence-electron chi connectivity index (χ3n) is 12.9. The Kier molecular flexibility index (Phi) is 56.3. The van der Waals surface area contributed by atoms with Crippen LogP contribution in [-0.4, -0.2) is 39.5 Å². The molecule has 0 amide bonds. The molecule has 0 unspecified atom stereocenters. The first kappa shape index (κ1) is 63.6. The Hall–Kier alpha value is 1.52. The summed E-state index contributed by atoms with van der Waals surface area (Å²) in [5, 5.41) is 0. The van der Waals surface area contributed by atoms with Crippen molar-refractivity contribution >= 4 is 64.8 Å². The summed E-state index contributed by atoms with van der Waals surface area (Å²) in [6.07, 6.45) is 53.8. The van der Waals surface area contributed by atoms with Crippen molar-refractivity contribution in [2.24, 2.45) is 0 Å². The predicted octanol–water partition coefficient (Wildman–Crippen LogP) is 22.0. The summed E-state index contributed by atoms with van der Waals surface area (Å²) in [4.78, 5) is 1.98. The van der Waals surface area contributed by atoms with Crippen LogP contribution in [-0.2, 0) is 0 Å². The van der Waals surface area contributed by atoms with E-state index in [-0.39, 0.29) is 0 Å². The van der Waals surface area contributed by atoms with Gasteiger partial charge in [0, 0.05) is 9.79 Å². The molecule has 1 rings (SSSR count). The maximum absolute atomic E-state index is 4.30. The van der Waals surface area contributed by atoms with Crippen LogP contribution in [0, 0.1) is 13.8 Å². The molecule has 2 radical (unpaired) electrons. The van der Waals surface area contributed by atoms with Crippen molar-refractivity contribution in [3.63, 3.8) is 0 Å². The van der Waals surface area contributed by atoms with E-state index in [4.69, 9.17) is 0 Å². The molecule has 356 valence electrons. The molecule has 0 spiro atoms. The van der Waals surface area contributed by atoms with Crippen molar-refractivity contribution in [3.8, 4) is 0 Å². The van der Waals surface area contributed by atoms with Crippen LogP contribution in [0.2, 0.25) is 26.6 Å². The number of aryl methyl sites for hydroxylation is 2. The van der Waals surface area contributed by atoms with E-state index < -0.39 is 39.5 Å².